The Morgan fingerprint density at radius 2 is 1.85 bits per heavy atom. The average Bonchev–Trinajstić information content (AvgIpc) is 2.18. The molecule has 0 aromatic heterocycles. The first-order chi connectivity index (χ1) is 6.25. The molecule has 1 rings (SSSR count). The zero-order valence-electron chi connectivity index (χ0n) is 7.92. The lowest BCUT2D eigenvalue weighted by Gasteiger charge is -2.00. The molecule has 0 saturated carbocycles. The number of allylic oxidation sites excluding steroid dienone is 4. The van der Waals surface area contributed by atoms with Crippen LogP contribution in [0.5, 0.6) is 0 Å². The lowest BCUT2D eigenvalue weighted by molar-refractivity contribution is 0.669. The molecular weight excluding hydrogens is 163 g/mol. The number of hydrogen-bond acceptors (Lipinski definition) is 0. The fourth-order valence-corrected chi connectivity index (χ4v) is 1.10. The van der Waals surface area contributed by atoms with E-state index in [9.17, 15) is 4.39 Å². The third kappa shape index (κ3) is 2.55. The van der Waals surface area contributed by atoms with Crippen LogP contribution in [-0.4, -0.2) is 0 Å². The third-order valence-corrected chi connectivity index (χ3v) is 1.88. The minimum absolute atomic E-state index is 0.172. The van der Waals surface area contributed by atoms with Gasteiger partial charge in [-0.3, -0.25) is 0 Å². The van der Waals surface area contributed by atoms with E-state index >= 15 is 0 Å². The van der Waals surface area contributed by atoms with Crippen molar-refractivity contribution >= 4 is 5.57 Å². The first kappa shape index (κ1) is 9.72. The highest BCUT2D eigenvalue weighted by molar-refractivity contribution is 5.67. The van der Waals surface area contributed by atoms with Gasteiger partial charge in [0.2, 0.25) is 0 Å². The van der Waals surface area contributed by atoms with E-state index < -0.39 is 0 Å². The molecule has 13 heavy (non-hydrogen) atoms. The van der Waals surface area contributed by atoms with Gasteiger partial charge in [-0.15, -0.1) is 0 Å². The van der Waals surface area contributed by atoms with Gasteiger partial charge in [0.15, 0.2) is 0 Å². The molecule has 0 aliphatic rings. The summed E-state index contributed by atoms with van der Waals surface area (Å²) in [6.45, 7) is 3.59. The van der Waals surface area contributed by atoms with Gasteiger partial charge in [-0.1, -0.05) is 36.4 Å². The van der Waals surface area contributed by atoms with Crippen molar-refractivity contribution in [2.24, 2.45) is 0 Å². The molecule has 0 spiro atoms. The number of rotatable bonds is 2. The Balaban J connectivity index is 3.03. The zero-order valence-corrected chi connectivity index (χ0v) is 7.92. The van der Waals surface area contributed by atoms with Gasteiger partial charge in [0.25, 0.3) is 0 Å². The highest BCUT2D eigenvalue weighted by Gasteiger charge is 1.99. The van der Waals surface area contributed by atoms with Gasteiger partial charge in [0.1, 0.15) is 5.83 Å². The topological polar surface area (TPSA) is 0 Å². The molecule has 1 aromatic carbocycles. The molecule has 0 unspecified atom stereocenters. The SMILES string of the molecule is C/C=C\C(F)=C(/C)c1ccccc1. The van der Waals surface area contributed by atoms with Crippen molar-refractivity contribution in [3.8, 4) is 0 Å². The third-order valence-electron chi connectivity index (χ3n) is 1.88. The Kier molecular flexibility index (Phi) is 3.44. The van der Waals surface area contributed by atoms with Gasteiger partial charge < -0.3 is 0 Å². The summed E-state index contributed by atoms with van der Waals surface area (Å²) < 4.78 is 13.3. The predicted molar refractivity (Wildman–Crippen MR) is 55.0 cm³/mol. The summed E-state index contributed by atoms with van der Waals surface area (Å²) >= 11 is 0. The van der Waals surface area contributed by atoms with E-state index in [-0.39, 0.29) is 5.83 Å². The standard InChI is InChI=1S/C12H13F/c1-3-7-12(13)10(2)11-8-5-4-6-9-11/h3-9H,1-2H3/b7-3-,12-10-. The summed E-state index contributed by atoms with van der Waals surface area (Å²) in [5.41, 5.74) is 1.61. The lowest BCUT2D eigenvalue weighted by Crippen LogP contribution is -1.80. The summed E-state index contributed by atoms with van der Waals surface area (Å²) in [5.74, 6) is -0.172. The maximum Gasteiger partial charge on any atom is 0.126 e. The second-order valence-corrected chi connectivity index (χ2v) is 2.84. The van der Waals surface area contributed by atoms with E-state index in [1.807, 2.05) is 30.3 Å². The Bertz CT molecular complexity index is 320. The van der Waals surface area contributed by atoms with Crippen molar-refractivity contribution < 1.29 is 4.39 Å². The molecule has 0 saturated heterocycles. The largest absolute Gasteiger partial charge is 0.207 e. The van der Waals surface area contributed by atoms with Gasteiger partial charge in [0.05, 0.1) is 0 Å². The maximum atomic E-state index is 13.3. The van der Waals surface area contributed by atoms with E-state index in [4.69, 9.17) is 0 Å². The minimum Gasteiger partial charge on any atom is -0.207 e. The van der Waals surface area contributed by atoms with Crippen molar-refractivity contribution in [3.05, 3.63) is 53.9 Å². The average molecular weight is 176 g/mol. The molecule has 0 atom stereocenters. The summed E-state index contributed by atoms with van der Waals surface area (Å²) in [6, 6.07) is 9.53. The number of hydrogen-bond donors (Lipinski definition) is 0. The highest BCUT2D eigenvalue weighted by Crippen LogP contribution is 2.19. The van der Waals surface area contributed by atoms with Gasteiger partial charge in [-0.2, -0.15) is 0 Å². The zero-order chi connectivity index (χ0) is 9.68. The van der Waals surface area contributed by atoms with Crippen LogP contribution in [0.4, 0.5) is 4.39 Å². The van der Waals surface area contributed by atoms with Crippen LogP contribution in [0.1, 0.15) is 19.4 Å². The predicted octanol–water partition coefficient (Wildman–Crippen LogP) is 3.96. The molecule has 0 heterocycles. The smallest absolute Gasteiger partial charge is 0.126 e. The van der Waals surface area contributed by atoms with Crippen LogP contribution in [0.2, 0.25) is 0 Å². The Morgan fingerprint density at radius 3 is 2.38 bits per heavy atom. The quantitative estimate of drug-likeness (QED) is 0.598. The summed E-state index contributed by atoms with van der Waals surface area (Å²) in [5, 5.41) is 0. The maximum absolute atomic E-state index is 13.3. The first-order valence-electron chi connectivity index (χ1n) is 4.30. The molecule has 1 aromatic rings. The molecule has 0 amide bonds. The van der Waals surface area contributed by atoms with Crippen LogP contribution >= 0.6 is 0 Å². The molecule has 68 valence electrons. The highest BCUT2D eigenvalue weighted by atomic mass is 19.1. The van der Waals surface area contributed by atoms with Crippen LogP contribution < -0.4 is 0 Å². The van der Waals surface area contributed by atoms with Crippen molar-refractivity contribution in [3.63, 3.8) is 0 Å². The first-order valence-corrected chi connectivity index (χ1v) is 4.30. The molecule has 0 radical (unpaired) electrons. The van der Waals surface area contributed by atoms with Crippen LogP contribution in [0, 0.1) is 0 Å². The molecule has 0 aliphatic heterocycles. The fraction of sp³-hybridized carbons (Fsp3) is 0.167. The van der Waals surface area contributed by atoms with Crippen molar-refractivity contribution in [1.29, 1.82) is 0 Å². The molecular formula is C12H13F. The van der Waals surface area contributed by atoms with Crippen LogP contribution in [0.3, 0.4) is 0 Å². The minimum atomic E-state index is -0.172. The van der Waals surface area contributed by atoms with Crippen LogP contribution in [0.25, 0.3) is 5.57 Å². The normalized spacial score (nSPS) is 13.2. The van der Waals surface area contributed by atoms with E-state index in [1.165, 1.54) is 6.08 Å². The Morgan fingerprint density at radius 1 is 1.23 bits per heavy atom. The van der Waals surface area contributed by atoms with E-state index in [0.717, 1.165) is 5.56 Å². The van der Waals surface area contributed by atoms with Crippen molar-refractivity contribution in [1.82, 2.24) is 0 Å². The number of halogens is 1. The van der Waals surface area contributed by atoms with E-state index in [2.05, 4.69) is 0 Å². The summed E-state index contributed by atoms with van der Waals surface area (Å²) in [6.07, 6.45) is 3.17. The number of benzene rings is 1. The van der Waals surface area contributed by atoms with E-state index in [0.29, 0.717) is 5.57 Å². The van der Waals surface area contributed by atoms with Crippen LogP contribution in [-0.2, 0) is 0 Å². The van der Waals surface area contributed by atoms with Gasteiger partial charge in [-0.05, 0) is 31.1 Å². The molecule has 0 N–H and O–H groups in total. The Labute approximate surface area is 78.4 Å². The van der Waals surface area contributed by atoms with Gasteiger partial charge in [0, 0.05) is 0 Å². The van der Waals surface area contributed by atoms with Crippen molar-refractivity contribution in [2.45, 2.75) is 13.8 Å². The molecule has 1 heteroatoms. The van der Waals surface area contributed by atoms with Gasteiger partial charge >= 0.3 is 0 Å². The van der Waals surface area contributed by atoms with E-state index in [1.54, 1.807) is 19.9 Å². The fourth-order valence-electron chi connectivity index (χ4n) is 1.10. The monoisotopic (exact) mass is 176 g/mol. The van der Waals surface area contributed by atoms with Crippen LogP contribution in [0.15, 0.2) is 48.3 Å². The molecule has 0 fully saturated rings. The lowest BCUT2D eigenvalue weighted by atomic mass is 10.1. The van der Waals surface area contributed by atoms with Crippen molar-refractivity contribution in [2.75, 3.05) is 0 Å². The van der Waals surface area contributed by atoms with Gasteiger partial charge in [-0.25, -0.2) is 4.39 Å². The second-order valence-electron chi connectivity index (χ2n) is 2.84. The summed E-state index contributed by atoms with van der Waals surface area (Å²) in [4.78, 5) is 0. The molecule has 0 bridgehead atoms. The summed E-state index contributed by atoms with van der Waals surface area (Å²) in [7, 11) is 0. The molecule has 0 nitrogen and oxygen atoms in total. The molecule has 0 aliphatic carbocycles. The second kappa shape index (κ2) is 4.61. The Hall–Kier alpha value is -1.37.